The van der Waals surface area contributed by atoms with Crippen LogP contribution >= 0.6 is 0 Å². The van der Waals surface area contributed by atoms with Crippen molar-refractivity contribution in [1.82, 2.24) is 29.7 Å². The van der Waals surface area contributed by atoms with E-state index in [1.807, 2.05) is 6.92 Å². The van der Waals surface area contributed by atoms with Crippen molar-refractivity contribution in [3.8, 4) is 5.95 Å². The summed E-state index contributed by atoms with van der Waals surface area (Å²) in [5, 5.41) is 16.4. The molecule has 0 fully saturated rings. The minimum atomic E-state index is -0.332. The minimum absolute atomic E-state index is 0.0963. The fourth-order valence-corrected chi connectivity index (χ4v) is 1.43. The Balaban J connectivity index is 2.05. The molecule has 1 atom stereocenters. The first kappa shape index (κ1) is 13.1. The third kappa shape index (κ3) is 3.58. The number of hydrogen-bond acceptors (Lipinski definition) is 8. The number of nitrogens with zero attached hydrogens (tertiary/aromatic N) is 6. The molecule has 2 aromatic rings. The van der Waals surface area contributed by atoms with Gasteiger partial charge in [-0.25, -0.2) is 4.98 Å². The van der Waals surface area contributed by atoms with Crippen molar-refractivity contribution in [1.29, 1.82) is 0 Å². The Morgan fingerprint density at radius 1 is 1.42 bits per heavy atom. The van der Waals surface area contributed by atoms with Crippen molar-refractivity contribution in [2.24, 2.45) is 0 Å². The highest BCUT2D eigenvalue weighted by atomic mass is 16.3. The van der Waals surface area contributed by atoms with Crippen LogP contribution in [0.2, 0.25) is 0 Å². The van der Waals surface area contributed by atoms with Gasteiger partial charge in [-0.05, 0) is 12.8 Å². The number of nitrogens with one attached hydrogen (secondary N) is 1. The van der Waals surface area contributed by atoms with Crippen molar-refractivity contribution in [3.63, 3.8) is 0 Å². The van der Waals surface area contributed by atoms with E-state index in [2.05, 4.69) is 30.4 Å². The van der Waals surface area contributed by atoms with Crippen LogP contribution in [0.25, 0.3) is 5.95 Å². The van der Waals surface area contributed by atoms with Gasteiger partial charge in [-0.2, -0.15) is 24.7 Å². The predicted molar refractivity (Wildman–Crippen MR) is 68.6 cm³/mol. The number of rotatable bonds is 6. The molecular formula is C10H16N8O. The van der Waals surface area contributed by atoms with E-state index >= 15 is 0 Å². The minimum Gasteiger partial charge on any atom is -0.393 e. The summed E-state index contributed by atoms with van der Waals surface area (Å²) in [6.07, 6.45) is 3.84. The van der Waals surface area contributed by atoms with E-state index < -0.39 is 0 Å². The lowest BCUT2D eigenvalue weighted by molar-refractivity contribution is 0.164. The molecule has 0 spiro atoms. The van der Waals surface area contributed by atoms with E-state index in [-0.39, 0.29) is 12.1 Å². The van der Waals surface area contributed by atoms with Crippen molar-refractivity contribution in [2.75, 3.05) is 17.6 Å². The highest BCUT2D eigenvalue weighted by molar-refractivity contribution is 5.34. The predicted octanol–water partition coefficient (Wildman–Crippen LogP) is -0.393. The molecular weight excluding hydrogens is 248 g/mol. The summed E-state index contributed by atoms with van der Waals surface area (Å²) in [4.78, 5) is 15.9. The Morgan fingerprint density at radius 3 is 2.95 bits per heavy atom. The van der Waals surface area contributed by atoms with Gasteiger partial charge < -0.3 is 16.2 Å². The summed E-state index contributed by atoms with van der Waals surface area (Å²) >= 11 is 0. The standard InChI is InChI=1S/C10H16N8O/c1-2-7(19)3-4-13-9-15-8(11)16-10(17-9)18-6-12-5-14-18/h5-7,19H,2-4H2,1H3,(H3,11,13,15,16,17). The zero-order valence-corrected chi connectivity index (χ0v) is 10.6. The third-order valence-corrected chi connectivity index (χ3v) is 2.50. The van der Waals surface area contributed by atoms with Crippen LogP contribution in [0, 0.1) is 0 Å². The lowest BCUT2D eigenvalue weighted by Gasteiger charge is -2.09. The number of nitrogen functional groups attached to an aromatic ring is 1. The Bertz CT molecular complexity index is 514. The van der Waals surface area contributed by atoms with Gasteiger partial charge >= 0.3 is 0 Å². The zero-order valence-electron chi connectivity index (χ0n) is 10.6. The summed E-state index contributed by atoms with van der Waals surface area (Å²) in [7, 11) is 0. The molecule has 0 aliphatic carbocycles. The van der Waals surface area contributed by atoms with Gasteiger partial charge in [0.05, 0.1) is 6.10 Å². The lowest BCUT2D eigenvalue weighted by atomic mass is 10.2. The maximum absolute atomic E-state index is 9.46. The Morgan fingerprint density at radius 2 is 2.26 bits per heavy atom. The molecule has 1 unspecified atom stereocenters. The van der Waals surface area contributed by atoms with Crippen LogP contribution in [-0.2, 0) is 0 Å². The second-order valence-electron chi connectivity index (χ2n) is 3.93. The summed E-state index contributed by atoms with van der Waals surface area (Å²) in [6.45, 7) is 2.48. The maximum Gasteiger partial charge on any atom is 0.258 e. The maximum atomic E-state index is 9.46. The van der Waals surface area contributed by atoms with E-state index in [1.54, 1.807) is 0 Å². The smallest absolute Gasteiger partial charge is 0.258 e. The lowest BCUT2D eigenvalue weighted by Crippen LogP contribution is -2.15. The number of aromatic nitrogens is 6. The molecule has 4 N–H and O–H groups in total. The quantitative estimate of drug-likeness (QED) is 0.643. The second-order valence-corrected chi connectivity index (χ2v) is 3.93. The van der Waals surface area contributed by atoms with Crippen molar-refractivity contribution in [2.45, 2.75) is 25.9 Å². The molecule has 2 rings (SSSR count). The van der Waals surface area contributed by atoms with Gasteiger partial charge in [-0.3, -0.25) is 0 Å². The van der Waals surface area contributed by atoms with Crippen LogP contribution in [0.1, 0.15) is 19.8 Å². The van der Waals surface area contributed by atoms with E-state index in [9.17, 15) is 5.11 Å². The summed E-state index contributed by atoms with van der Waals surface area (Å²) in [5.41, 5.74) is 5.61. The largest absolute Gasteiger partial charge is 0.393 e. The first-order valence-electron chi connectivity index (χ1n) is 5.97. The topological polar surface area (TPSA) is 128 Å². The molecule has 0 saturated heterocycles. The Hall–Kier alpha value is -2.29. The van der Waals surface area contributed by atoms with Gasteiger partial charge in [-0.15, -0.1) is 0 Å². The van der Waals surface area contributed by atoms with Gasteiger partial charge in [0.2, 0.25) is 11.9 Å². The van der Waals surface area contributed by atoms with Crippen molar-refractivity contribution in [3.05, 3.63) is 12.7 Å². The van der Waals surface area contributed by atoms with Gasteiger partial charge in [0.25, 0.3) is 5.95 Å². The van der Waals surface area contributed by atoms with Crippen LogP contribution in [0.4, 0.5) is 11.9 Å². The van der Waals surface area contributed by atoms with Crippen LogP contribution in [0.3, 0.4) is 0 Å². The highest BCUT2D eigenvalue weighted by Crippen LogP contribution is 2.06. The van der Waals surface area contributed by atoms with Gasteiger partial charge in [-0.1, -0.05) is 6.92 Å². The van der Waals surface area contributed by atoms with Crippen molar-refractivity contribution < 1.29 is 5.11 Å². The summed E-state index contributed by atoms with van der Waals surface area (Å²) in [6, 6.07) is 0. The average Bonchev–Trinajstić information content (AvgIpc) is 2.91. The Kier molecular flexibility index (Phi) is 4.18. The normalized spacial score (nSPS) is 12.3. The molecule has 0 amide bonds. The molecule has 2 aromatic heterocycles. The van der Waals surface area contributed by atoms with Crippen LogP contribution in [0.5, 0.6) is 0 Å². The molecule has 0 aliphatic heterocycles. The van der Waals surface area contributed by atoms with E-state index in [1.165, 1.54) is 17.3 Å². The first-order valence-corrected chi connectivity index (χ1v) is 5.97. The molecule has 0 aliphatic rings. The molecule has 0 aromatic carbocycles. The fraction of sp³-hybridized carbons (Fsp3) is 0.500. The molecule has 0 bridgehead atoms. The van der Waals surface area contributed by atoms with E-state index in [0.717, 1.165) is 0 Å². The molecule has 0 saturated carbocycles. The number of nitrogens with two attached hydrogens (primary N) is 1. The summed E-state index contributed by atoms with van der Waals surface area (Å²) < 4.78 is 1.39. The van der Waals surface area contributed by atoms with E-state index in [4.69, 9.17) is 5.73 Å². The molecule has 2 heterocycles. The number of aliphatic hydroxyl groups is 1. The fourth-order valence-electron chi connectivity index (χ4n) is 1.43. The van der Waals surface area contributed by atoms with E-state index in [0.29, 0.717) is 31.3 Å². The molecule has 9 heteroatoms. The average molecular weight is 264 g/mol. The van der Waals surface area contributed by atoms with Crippen LogP contribution < -0.4 is 11.1 Å². The molecule has 19 heavy (non-hydrogen) atoms. The SMILES string of the molecule is CCC(O)CCNc1nc(N)nc(-n2cncn2)n1. The molecule has 9 nitrogen and oxygen atoms in total. The second kappa shape index (κ2) is 6.05. The number of anilines is 2. The van der Waals surface area contributed by atoms with Gasteiger partial charge in [0, 0.05) is 6.54 Å². The summed E-state index contributed by atoms with van der Waals surface area (Å²) in [5.74, 6) is 0.740. The van der Waals surface area contributed by atoms with Gasteiger partial charge in [0.1, 0.15) is 12.7 Å². The van der Waals surface area contributed by atoms with Crippen LogP contribution in [0.15, 0.2) is 12.7 Å². The highest BCUT2D eigenvalue weighted by Gasteiger charge is 2.07. The van der Waals surface area contributed by atoms with Gasteiger partial charge in [0.15, 0.2) is 0 Å². The number of hydrogen-bond donors (Lipinski definition) is 3. The zero-order chi connectivity index (χ0) is 13.7. The Labute approximate surface area is 109 Å². The molecule has 0 radical (unpaired) electrons. The first-order chi connectivity index (χ1) is 9.19. The van der Waals surface area contributed by atoms with Crippen molar-refractivity contribution >= 4 is 11.9 Å². The monoisotopic (exact) mass is 264 g/mol. The third-order valence-electron chi connectivity index (χ3n) is 2.50. The number of aliphatic hydroxyl groups excluding tert-OH is 1. The molecule has 102 valence electrons. The van der Waals surface area contributed by atoms with Crippen LogP contribution in [-0.4, -0.2) is 47.5 Å².